The molecule has 0 spiro atoms. The molecule has 7 nitrogen and oxygen atoms in total. The highest BCUT2D eigenvalue weighted by atomic mass is 16.5. The van der Waals surface area contributed by atoms with Crippen molar-refractivity contribution in [2.24, 2.45) is 0 Å². The Labute approximate surface area is 147 Å². The molecule has 132 valence electrons. The van der Waals surface area contributed by atoms with Crippen molar-refractivity contribution in [2.75, 3.05) is 50.6 Å². The molecule has 0 atom stereocenters. The molecule has 3 rings (SSSR count). The molecule has 1 fully saturated rings. The van der Waals surface area contributed by atoms with E-state index in [-0.39, 0.29) is 5.91 Å². The van der Waals surface area contributed by atoms with Gasteiger partial charge in [0.25, 0.3) is 5.91 Å². The summed E-state index contributed by atoms with van der Waals surface area (Å²) in [6.07, 6.45) is 0. The summed E-state index contributed by atoms with van der Waals surface area (Å²) in [5.74, 6) is 1.09. The molecule has 0 unspecified atom stereocenters. The van der Waals surface area contributed by atoms with Gasteiger partial charge in [-0.25, -0.2) is 9.97 Å². The molecule has 1 saturated heterocycles. The van der Waals surface area contributed by atoms with Crippen molar-refractivity contribution >= 4 is 23.1 Å². The van der Waals surface area contributed by atoms with Gasteiger partial charge in [-0.15, -0.1) is 0 Å². The molecule has 0 saturated carbocycles. The standard InChI is InChI=1S/C18H23N5O2/c1-13-19-16(18(24)23-8-10-25-11-9-23)12-17(20-13)21-14-4-6-15(7-5-14)22(2)3/h4-7,12H,8-11H2,1-3H3,(H,19,20,21). The van der Waals surface area contributed by atoms with Crippen molar-refractivity contribution in [1.29, 1.82) is 0 Å². The summed E-state index contributed by atoms with van der Waals surface area (Å²) in [6.45, 7) is 4.11. The minimum atomic E-state index is -0.0835. The smallest absolute Gasteiger partial charge is 0.272 e. The van der Waals surface area contributed by atoms with E-state index in [0.29, 0.717) is 43.6 Å². The second-order valence-electron chi connectivity index (χ2n) is 6.16. The van der Waals surface area contributed by atoms with Gasteiger partial charge in [-0.1, -0.05) is 0 Å². The van der Waals surface area contributed by atoms with Crippen LogP contribution < -0.4 is 10.2 Å². The van der Waals surface area contributed by atoms with E-state index >= 15 is 0 Å². The third-order valence-electron chi connectivity index (χ3n) is 4.01. The first kappa shape index (κ1) is 17.2. The van der Waals surface area contributed by atoms with Crippen LogP contribution in [0.3, 0.4) is 0 Å². The lowest BCUT2D eigenvalue weighted by molar-refractivity contribution is 0.0299. The summed E-state index contributed by atoms with van der Waals surface area (Å²) >= 11 is 0. The van der Waals surface area contributed by atoms with Crippen molar-refractivity contribution in [3.05, 3.63) is 41.9 Å². The van der Waals surface area contributed by atoms with Gasteiger partial charge in [0.2, 0.25) is 0 Å². The Morgan fingerprint density at radius 1 is 1.16 bits per heavy atom. The molecule has 1 amide bonds. The van der Waals surface area contributed by atoms with Gasteiger partial charge in [0.1, 0.15) is 17.3 Å². The number of nitrogens with zero attached hydrogens (tertiary/aromatic N) is 4. The molecule has 1 N–H and O–H groups in total. The van der Waals surface area contributed by atoms with Crippen LogP contribution in [0, 0.1) is 6.92 Å². The quantitative estimate of drug-likeness (QED) is 0.918. The number of benzene rings is 1. The molecule has 0 aliphatic carbocycles. The Morgan fingerprint density at radius 2 is 1.84 bits per heavy atom. The minimum absolute atomic E-state index is 0.0835. The van der Waals surface area contributed by atoms with Gasteiger partial charge in [0.05, 0.1) is 13.2 Å². The van der Waals surface area contributed by atoms with Crippen LogP contribution in [0.15, 0.2) is 30.3 Å². The highest BCUT2D eigenvalue weighted by Crippen LogP contribution is 2.20. The van der Waals surface area contributed by atoms with Crippen LogP contribution in [-0.4, -0.2) is 61.2 Å². The van der Waals surface area contributed by atoms with Gasteiger partial charge in [-0.3, -0.25) is 4.79 Å². The summed E-state index contributed by atoms with van der Waals surface area (Å²) in [4.78, 5) is 25.1. The number of ether oxygens (including phenoxy) is 1. The van der Waals surface area contributed by atoms with Crippen LogP contribution in [0.2, 0.25) is 0 Å². The van der Waals surface area contributed by atoms with Crippen LogP contribution in [0.4, 0.5) is 17.2 Å². The number of anilines is 3. The molecule has 0 bridgehead atoms. The first-order valence-electron chi connectivity index (χ1n) is 8.30. The second-order valence-corrected chi connectivity index (χ2v) is 6.16. The van der Waals surface area contributed by atoms with Crippen molar-refractivity contribution in [1.82, 2.24) is 14.9 Å². The zero-order valence-corrected chi connectivity index (χ0v) is 14.8. The number of hydrogen-bond acceptors (Lipinski definition) is 6. The summed E-state index contributed by atoms with van der Waals surface area (Å²) in [6, 6.07) is 9.71. The van der Waals surface area contributed by atoms with Crippen molar-refractivity contribution in [3.63, 3.8) is 0 Å². The van der Waals surface area contributed by atoms with E-state index in [2.05, 4.69) is 15.3 Å². The van der Waals surface area contributed by atoms with Gasteiger partial charge in [0.15, 0.2) is 0 Å². The Hall–Kier alpha value is -2.67. The normalized spacial score (nSPS) is 14.3. The fourth-order valence-electron chi connectivity index (χ4n) is 2.66. The Balaban J connectivity index is 1.77. The van der Waals surface area contributed by atoms with E-state index in [1.165, 1.54) is 0 Å². The van der Waals surface area contributed by atoms with Gasteiger partial charge in [-0.05, 0) is 31.2 Å². The lowest BCUT2D eigenvalue weighted by Gasteiger charge is -2.26. The number of nitrogens with one attached hydrogen (secondary N) is 1. The number of aryl methyl sites for hydroxylation is 1. The minimum Gasteiger partial charge on any atom is -0.378 e. The Morgan fingerprint density at radius 3 is 2.48 bits per heavy atom. The predicted octanol–water partition coefficient (Wildman–Crippen LogP) is 2.07. The fraction of sp³-hybridized carbons (Fsp3) is 0.389. The predicted molar refractivity (Wildman–Crippen MR) is 97.5 cm³/mol. The molecule has 2 heterocycles. The zero-order valence-electron chi connectivity index (χ0n) is 14.8. The van der Waals surface area contributed by atoms with Crippen LogP contribution in [0.1, 0.15) is 16.3 Å². The van der Waals surface area contributed by atoms with Crippen LogP contribution in [-0.2, 0) is 4.74 Å². The van der Waals surface area contributed by atoms with Gasteiger partial charge in [0, 0.05) is 44.6 Å². The van der Waals surface area contributed by atoms with Crippen molar-refractivity contribution in [2.45, 2.75) is 6.92 Å². The SMILES string of the molecule is Cc1nc(Nc2ccc(N(C)C)cc2)cc(C(=O)N2CCOCC2)n1. The number of amides is 1. The number of carbonyl (C=O) groups excluding carboxylic acids is 1. The molecule has 2 aromatic rings. The van der Waals surface area contributed by atoms with Crippen molar-refractivity contribution < 1.29 is 9.53 Å². The topological polar surface area (TPSA) is 70.6 Å². The van der Waals surface area contributed by atoms with Gasteiger partial charge < -0.3 is 19.9 Å². The summed E-state index contributed by atoms with van der Waals surface area (Å²) in [7, 11) is 4.00. The Bertz CT molecular complexity index is 740. The van der Waals surface area contributed by atoms with Gasteiger partial charge >= 0.3 is 0 Å². The number of morpholine rings is 1. The molecule has 1 aliphatic rings. The average Bonchev–Trinajstić information content (AvgIpc) is 2.62. The zero-order chi connectivity index (χ0) is 17.8. The number of rotatable bonds is 4. The molecule has 1 aromatic carbocycles. The molecule has 0 radical (unpaired) electrons. The molecular weight excluding hydrogens is 318 g/mol. The first-order valence-corrected chi connectivity index (χ1v) is 8.30. The second kappa shape index (κ2) is 7.48. The Kier molecular flexibility index (Phi) is 5.14. The lowest BCUT2D eigenvalue weighted by atomic mass is 10.2. The van der Waals surface area contributed by atoms with Crippen LogP contribution in [0.5, 0.6) is 0 Å². The summed E-state index contributed by atoms with van der Waals surface area (Å²) < 4.78 is 5.30. The first-order chi connectivity index (χ1) is 12.0. The van der Waals surface area contributed by atoms with E-state index in [1.54, 1.807) is 17.9 Å². The molecule has 1 aliphatic heterocycles. The molecule has 25 heavy (non-hydrogen) atoms. The molecular formula is C18H23N5O2. The number of carbonyl (C=O) groups is 1. The number of aromatic nitrogens is 2. The van der Waals surface area contributed by atoms with E-state index < -0.39 is 0 Å². The van der Waals surface area contributed by atoms with Crippen LogP contribution >= 0.6 is 0 Å². The molecule has 7 heteroatoms. The lowest BCUT2D eigenvalue weighted by Crippen LogP contribution is -2.41. The van der Waals surface area contributed by atoms with Gasteiger partial charge in [-0.2, -0.15) is 0 Å². The molecule has 1 aromatic heterocycles. The third kappa shape index (κ3) is 4.24. The monoisotopic (exact) mass is 341 g/mol. The van der Waals surface area contributed by atoms with E-state index in [4.69, 9.17) is 4.74 Å². The highest BCUT2D eigenvalue weighted by Gasteiger charge is 2.20. The van der Waals surface area contributed by atoms with Crippen molar-refractivity contribution in [3.8, 4) is 0 Å². The average molecular weight is 341 g/mol. The third-order valence-corrected chi connectivity index (χ3v) is 4.01. The van der Waals surface area contributed by atoms with E-state index in [1.807, 2.05) is 43.3 Å². The van der Waals surface area contributed by atoms with E-state index in [9.17, 15) is 4.79 Å². The highest BCUT2D eigenvalue weighted by molar-refractivity contribution is 5.93. The maximum Gasteiger partial charge on any atom is 0.272 e. The fourth-order valence-corrected chi connectivity index (χ4v) is 2.66. The van der Waals surface area contributed by atoms with E-state index in [0.717, 1.165) is 11.4 Å². The maximum atomic E-state index is 12.6. The number of hydrogen-bond donors (Lipinski definition) is 1. The summed E-state index contributed by atoms with van der Waals surface area (Å²) in [5, 5.41) is 3.24. The van der Waals surface area contributed by atoms with Crippen LogP contribution in [0.25, 0.3) is 0 Å². The maximum absolute atomic E-state index is 12.6. The largest absolute Gasteiger partial charge is 0.378 e. The summed E-state index contributed by atoms with van der Waals surface area (Å²) in [5.41, 5.74) is 2.43.